The summed E-state index contributed by atoms with van der Waals surface area (Å²) in [6.07, 6.45) is -3.68. The van der Waals surface area contributed by atoms with Crippen LogP contribution in [0.15, 0.2) is 0 Å². The van der Waals surface area contributed by atoms with Gasteiger partial charge in [-0.15, -0.1) is 0 Å². The Balaban J connectivity index is 2.46. The van der Waals surface area contributed by atoms with Gasteiger partial charge in [-0.05, 0) is 6.42 Å². The summed E-state index contributed by atoms with van der Waals surface area (Å²) in [5, 5.41) is 8.27. The molecule has 1 aliphatic rings. The van der Waals surface area contributed by atoms with Gasteiger partial charge in [0, 0.05) is 11.7 Å². The molecule has 4 heteroatoms. The van der Waals surface area contributed by atoms with Crippen molar-refractivity contribution in [3.05, 3.63) is 0 Å². The smallest absolute Gasteiger partial charge is 0.127 e. The largest absolute Gasteiger partial charge is 0.390 e. The lowest BCUT2D eigenvalue weighted by molar-refractivity contribution is 0.0166. The lowest BCUT2D eigenvalue weighted by Crippen LogP contribution is -2.38. The second kappa shape index (κ2) is 3.05. The van der Waals surface area contributed by atoms with Crippen LogP contribution in [0.2, 0.25) is 0 Å². The Morgan fingerprint density at radius 2 is 1.80 bits per heavy atom. The van der Waals surface area contributed by atoms with Crippen molar-refractivity contribution in [1.82, 2.24) is 0 Å². The molecule has 0 saturated heterocycles. The number of halogens is 2. The minimum Gasteiger partial charge on any atom is -0.390 e. The molecule has 0 aromatic carbocycles. The van der Waals surface area contributed by atoms with Gasteiger partial charge in [0.1, 0.15) is 12.3 Å². The Morgan fingerprint density at radius 1 is 1.20 bits per heavy atom. The SMILES string of the molecule is OC1CC(F)C(S)CC1F. The van der Waals surface area contributed by atoms with Crippen LogP contribution < -0.4 is 0 Å². The molecule has 4 unspecified atom stereocenters. The summed E-state index contributed by atoms with van der Waals surface area (Å²) in [4.78, 5) is 0. The fraction of sp³-hybridized carbons (Fsp3) is 1.00. The van der Waals surface area contributed by atoms with Gasteiger partial charge in [-0.2, -0.15) is 12.6 Å². The van der Waals surface area contributed by atoms with E-state index in [1.54, 1.807) is 0 Å². The number of aliphatic hydroxyl groups is 1. The van der Waals surface area contributed by atoms with Crippen molar-refractivity contribution in [3.63, 3.8) is 0 Å². The first-order chi connectivity index (χ1) is 4.61. The van der Waals surface area contributed by atoms with Gasteiger partial charge in [0.05, 0.1) is 6.10 Å². The summed E-state index contributed by atoms with van der Waals surface area (Å²) in [5.41, 5.74) is 0. The van der Waals surface area contributed by atoms with Crippen LogP contribution in [-0.2, 0) is 0 Å². The van der Waals surface area contributed by atoms with E-state index in [9.17, 15) is 8.78 Å². The molecule has 0 bridgehead atoms. The van der Waals surface area contributed by atoms with Crippen LogP contribution in [0, 0.1) is 0 Å². The van der Waals surface area contributed by atoms with Crippen molar-refractivity contribution in [2.75, 3.05) is 0 Å². The number of alkyl halides is 2. The zero-order valence-electron chi connectivity index (χ0n) is 5.37. The molecule has 1 saturated carbocycles. The van der Waals surface area contributed by atoms with E-state index < -0.39 is 23.7 Å². The van der Waals surface area contributed by atoms with Gasteiger partial charge < -0.3 is 5.11 Å². The number of hydrogen-bond donors (Lipinski definition) is 2. The quantitative estimate of drug-likeness (QED) is 0.519. The van der Waals surface area contributed by atoms with Crippen molar-refractivity contribution < 1.29 is 13.9 Å². The highest BCUT2D eigenvalue weighted by atomic mass is 32.1. The minimum atomic E-state index is -1.30. The predicted octanol–water partition coefficient (Wildman–Crippen LogP) is 1.12. The summed E-state index contributed by atoms with van der Waals surface area (Å²) in [7, 11) is 0. The standard InChI is InChI=1S/C6H10F2OS/c7-3-2-6(10)4(8)1-5(3)9/h3-6,9-10H,1-2H2. The Bertz CT molecular complexity index is 96.3. The third kappa shape index (κ3) is 1.61. The Hall–Kier alpha value is 0.170. The summed E-state index contributed by atoms with van der Waals surface area (Å²) in [6, 6.07) is 0. The van der Waals surface area contributed by atoms with Gasteiger partial charge in [-0.1, -0.05) is 0 Å². The first-order valence-electron chi connectivity index (χ1n) is 3.25. The monoisotopic (exact) mass is 168 g/mol. The molecule has 0 radical (unpaired) electrons. The lowest BCUT2D eigenvalue weighted by atomic mass is 9.94. The van der Waals surface area contributed by atoms with Crippen molar-refractivity contribution in [3.8, 4) is 0 Å². The van der Waals surface area contributed by atoms with Gasteiger partial charge in [0.25, 0.3) is 0 Å². The highest BCUT2D eigenvalue weighted by molar-refractivity contribution is 7.81. The maximum atomic E-state index is 12.6. The highest BCUT2D eigenvalue weighted by Crippen LogP contribution is 2.27. The van der Waals surface area contributed by atoms with E-state index in [-0.39, 0.29) is 12.8 Å². The molecule has 0 heterocycles. The van der Waals surface area contributed by atoms with Crippen molar-refractivity contribution >= 4 is 12.6 Å². The second-order valence-corrected chi connectivity index (χ2v) is 3.30. The van der Waals surface area contributed by atoms with Gasteiger partial charge in [-0.3, -0.25) is 0 Å². The lowest BCUT2D eigenvalue weighted by Gasteiger charge is -2.28. The van der Waals surface area contributed by atoms with Crippen molar-refractivity contribution in [2.45, 2.75) is 36.5 Å². The molecule has 1 fully saturated rings. The molecule has 1 rings (SSSR count). The fourth-order valence-electron chi connectivity index (χ4n) is 1.07. The van der Waals surface area contributed by atoms with Gasteiger partial charge in [-0.25, -0.2) is 8.78 Å². The molecule has 0 amide bonds. The van der Waals surface area contributed by atoms with Gasteiger partial charge >= 0.3 is 0 Å². The number of hydrogen-bond acceptors (Lipinski definition) is 2. The predicted molar refractivity (Wildman–Crippen MR) is 37.8 cm³/mol. The van der Waals surface area contributed by atoms with E-state index in [0.717, 1.165) is 0 Å². The highest BCUT2D eigenvalue weighted by Gasteiger charge is 2.34. The Kier molecular flexibility index (Phi) is 2.52. The first-order valence-corrected chi connectivity index (χ1v) is 3.77. The Labute approximate surface area is 63.8 Å². The molecular weight excluding hydrogens is 158 g/mol. The average molecular weight is 168 g/mol. The third-order valence-electron chi connectivity index (χ3n) is 1.77. The number of thiol groups is 1. The second-order valence-electron chi connectivity index (χ2n) is 2.64. The van der Waals surface area contributed by atoms with Crippen molar-refractivity contribution in [2.24, 2.45) is 0 Å². The third-order valence-corrected chi connectivity index (χ3v) is 2.30. The normalized spacial score (nSPS) is 49.2. The maximum absolute atomic E-state index is 12.6. The molecule has 60 valence electrons. The molecule has 1 N–H and O–H groups in total. The number of rotatable bonds is 0. The zero-order chi connectivity index (χ0) is 7.72. The average Bonchev–Trinajstić information content (AvgIpc) is 1.84. The molecule has 4 atom stereocenters. The van der Waals surface area contributed by atoms with E-state index in [4.69, 9.17) is 5.11 Å². The van der Waals surface area contributed by atoms with Crippen LogP contribution in [0.4, 0.5) is 8.78 Å². The number of aliphatic hydroxyl groups excluding tert-OH is 1. The summed E-state index contributed by atoms with van der Waals surface area (Å²) in [5.74, 6) is 0. The summed E-state index contributed by atoms with van der Waals surface area (Å²) in [6.45, 7) is 0. The molecule has 1 aliphatic carbocycles. The molecule has 0 aromatic rings. The first kappa shape index (κ1) is 8.27. The molecule has 0 aromatic heterocycles. The summed E-state index contributed by atoms with van der Waals surface area (Å²) >= 11 is 3.83. The van der Waals surface area contributed by atoms with Crippen LogP contribution in [0.1, 0.15) is 12.8 Å². The minimum absolute atomic E-state index is 0.0193. The van der Waals surface area contributed by atoms with Crippen LogP contribution in [0.3, 0.4) is 0 Å². The molecular formula is C6H10F2OS. The van der Waals surface area contributed by atoms with Crippen LogP contribution in [0.5, 0.6) is 0 Å². The van der Waals surface area contributed by atoms with Crippen LogP contribution >= 0.6 is 12.6 Å². The van der Waals surface area contributed by atoms with E-state index >= 15 is 0 Å². The fourth-order valence-corrected chi connectivity index (χ4v) is 1.39. The van der Waals surface area contributed by atoms with E-state index in [1.165, 1.54) is 0 Å². The molecule has 1 nitrogen and oxygen atoms in total. The summed E-state index contributed by atoms with van der Waals surface area (Å²) < 4.78 is 25.1. The molecule has 0 aliphatic heterocycles. The van der Waals surface area contributed by atoms with E-state index in [2.05, 4.69) is 12.6 Å². The topological polar surface area (TPSA) is 20.2 Å². The van der Waals surface area contributed by atoms with Gasteiger partial charge in [0.2, 0.25) is 0 Å². The zero-order valence-corrected chi connectivity index (χ0v) is 6.27. The van der Waals surface area contributed by atoms with Crippen molar-refractivity contribution in [1.29, 1.82) is 0 Å². The van der Waals surface area contributed by atoms with E-state index in [0.29, 0.717) is 0 Å². The maximum Gasteiger partial charge on any atom is 0.127 e. The van der Waals surface area contributed by atoms with Crippen LogP contribution in [-0.4, -0.2) is 28.8 Å². The Morgan fingerprint density at radius 3 is 2.30 bits per heavy atom. The molecule has 10 heavy (non-hydrogen) atoms. The van der Waals surface area contributed by atoms with Crippen LogP contribution in [0.25, 0.3) is 0 Å². The molecule has 0 spiro atoms. The van der Waals surface area contributed by atoms with Gasteiger partial charge in [0.15, 0.2) is 0 Å². The van der Waals surface area contributed by atoms with E-state index in [1.807, 2.05) is 0 Å².